The number of rotatable bonds is 5. The van der Waals surface area contributed by atoms with Crippen molar-refractivity contribution in [2.45, 2.75) is 71.1 Å². The van der Waals surface area contributed by atoms with Gasteiger partial charge >= 0.3 is 17.9 Å². The zero-order valence-corrected chi connectivity index (χ0v) is 19.6. The Kier molecular flexibility index (Phi) is 6.49. The summed E-state index contributed by atoms with van der Waals surface area (Å²) in [5.41, 5.74) is 2.79. The Morgan fingerprint density at radius 3 is 2.29 bits per heavy atom. The molecule has 2 aliphatic carbocycles. The molecule has 0 N–H and O–H groups in total. The first kappa shape index (κ1) is 23.3. The molecule has 0 radical (unpaired) electrons. The van der Waals surface area contributed by atoms with Crippen molar-refractivity contribution in [2.24, 2.45) is 11.3 Å². The van der Waals surface area contributed by atoms with Crippen molar-refractivity contribution >= 4 is 17.9 Å². The number of esters is 3. The minimum Gasteiger partial charge on any atom is -0.469 e. The van der Waals surface area contributed by atoms with Gasteiger partial charge in [0.2, 0.25) is 0 Å². The average Bonchev–Trinajstić information content (AvgIpc) is 2.77. The van der Waals surface area contributed by atoms with Gasteiger partial charge in [0, 0.05) is 0 Å². The second kappa shape index (κ2) is 8.64. The monoisotopic (exact) mass is 430 g/mol. The third-order valence-corrected chi connectivity index (χ3v) is 7.72. The van der Waals surface area contributed by atoms with Crippen LogP contribution < -0.4 is 0 Å². The molecule has 0 spiro atoms. The number of fused-ring (bicyclic) bond motifs is 3. The van der Waals surface area contributed by atoms with Crippen molar-refractivity contribution in [1.82, 2.24) is 0 Å². The van der Waals surface area contributed by atoms with Crippen LogP contribution in [0.25, 0.3) is 0 Å². The lowest BCUT2D eigenvalue weighted by Crippen LogP contribution is -2.53. The van der Waals surface area contributed by atoms with Crippen molar-refractivity contribution < 1.29 is 28.6 Å². The van der Waals surface area contributed by atoms with E-state index in [1.54, 1.807) is 0 Å². The zero-order chi connectivity index (χ0) is 23.0. The molecule has 1 aromatic carbocycles. The van der Waals surface area contributed by atoms with Crippen LogP contribution in [0.4, 0.5) is 0 Å². The van der Waals surface area contributed by atoms with E-state index in [0.717, 1.165) is 55.2 Å². The number of carbonyl (C=O) groups is 3. The summed E-state index contributed by atoms with van der Waals surface area (Å²) in [5.74, 6) is -1.13. The molecule has 6 heteroatoms. The van der Waals surface area contributed by atoms with Crippen LogP contribution in [0.1, 0.15) is 90.3 Å². The molecule has 1 unspecified atom stereocenters. The first-order valence-corrected chi connectivity index (χ1v) is 11.1. The third kappa shape index (κ3) is 3.54. The summed E-state index contributed by atoms with van der Waals surface area (Å²) < 4.78 is 15.3. The molecule has 0 saturated heterocycles. The fraction of sp³-hybridized carbons (Fsp3) is 0.640. The molecule has 3 rings (SSSR count). The van der Waals surface area contributed by atoms with Gasteiger partial charge in [-0.25, -0.2) is 9.59 Å². The molecule has 0 aromatic heterocycles. The van der Waals surface area contributed by atoms with Gasteiger partial charge in [-0.15, -0.1) is 0 Å². The SMILES string of the molecule is CCCc1c2c(cc(C(=O)OC)c1C(=O)OC)[C@@]1(C)CCC[C@](C)(C(=O)OC)C1CC2. The summed E-state index contributed by atoms with van der Waals surface area (Å²) in [6.07, 6.45) is 5.70. The van der Waals surface area contributed by atoms with Crippen LogP contribution in [0.15, 0.2) is 6.07 Å². The van der Waals surface area contributed by atoms with E-state index >= 15 is 0 Å². The van der Waals surface area contributed by atoms with Gasteiger partial charge in [0.05, 0.1) is 37.9 Å². The number of benzene rings is 1. The Labute approximate surface area is 184 Å². The highest BCUT2D eigenvalue weighted by Gasteiger charge is 2.56. The molecule has 1 fully saturated rings. The minimum absolute atomic E-state index is 0.0950. The smallest absolute Gasteiger partial charge is 0.339 e. The molecule has 2 aliphatic rings. The number of carbonyl (C=O) groups excluding carboxylic acids is 3. The lowest BCUT2D eigenvalue weighted by Gasteiger charge is -2.54. The van der Waals surface area contributed by atoms with Gasteiger partial charge in [-0.05, 0) is 73.1 Å². The number of methoxy groups -OCH3 is 3. The molecule has 31 heavy (non-hydrogen) atoms. The predicted octanol–water partition coefficient (Wildman–Crippen LogP) is 4.40. The Bertz CT molecular complexity index is 904. The largest absolute Gasteiger partial charge is 0.469 e. The number of hydrogen-bond donors (Lipinski definition) is 0. The first-order chi connectivity index (χ1) is 14.7. The zero-order valence-electron chi connectivity index (χ0n) is 19.6. The Morgan fingerprint density at radius 1 is 1.03 bits per heavy atom. The van der Waals surface area contributed by atoms with Gasteiger partial charge in [0.15, 0.2) is 0 Å². The van der Waals surface area contributed by atoms with Crippen LogP contribution in [0.2, 0.25) is 0 Å². The summed E-state index contributed by atoms with van der Waals surface area (Å²) in [4.78, 5) is 38.3. The molecular formula is C25H34O6. The molecule has 0 bridgehead atoms. The van der Waals surface area contributed by atoms with E-state index in [4.69, 9.17) is 14.2 Å². The third-order valence-electron chi connectivity index (χ3n) is 7.72. The van der Waals surface area contributed by atoms with Gasteiger partial charge in [0.25, 0.3) is 0 Å². The van der Waals surface area contributed by atoms with E-state index in [9.17, 15) is 14.4 Å². The standard InChI is InChI=1S/C25H34O6/c1-7-9-16-15-10-11-19-24(2,12-8-13-25(19,3)23(28)31-6)18(15)14-17(21(26)29-4)20(16)22(27)30-5/h14,19H,7-13H2,1-6H3/t19?,24-,25+/m1/s1. The van der Waals surface area contributed by atoms with E-state index in [1.165, 1.54) is 21.3 Å². The number of hydrogen-bond acceptors (Lipinski definition) is 6. The van der Waals surface area contributed by atoms with Gasteiger partial charge < -0.3 is 14.2 Å². The molecule has 0 aliphatic heterocycles. The van der Waals surface area contributed by atoms with Gasteiger partial charge in [-0.2, -0.15) is 0 Å². The van der Waals surface area contributed by atoms with Crippen LogP contribution >= 0.6 is 0 Å². The van der Waals surface area contributed by atoms with Crippen molar-refractivity contribution in [1.29, 1.82) is 0 Å². The summed E-state index contributed by atoms with van der Waals surface area (Å²) in [7, 11) is 4.11. The van der Waals surface area contributed by atoms with Crippen LogP contribution in [0.3, 0.4) is 0 Å². The molecule has 6 nitrogen and oxygen atoms in total. The maximum atomic E-state index is 12.8. The summed E-state index contributed by atoms with van der Waals surface area (Å²) in [6, 6.07) is 1.84. The van der Waals surface area contributed by atoms with Gasteiger partial charge in [-0.1, -0.05) is 26.7 Å². The lowest BCUT2D eigenvalue weighted by atomic mass is 9.49. The molecule has 1 aromatic rings. The van der Waals surface area contributed by atoms with Gasteiger partial charge in [0.1, 0.15) is 0 Å². The molecule has 3 atom stereocenters. The fourth-order valence-corrected chi connectivity index (χ4v) is 6.31. The minimum atomic E-state index is -0.573. The van der Waals surface area contributed by atoms with Gasteiger partial charge in [-0.3, -0.25) is 4.79 Å². The molecule has 0 heterocycles. The maximum Gasteiger partial charge on any atom is 0.339 e. The van der Waals surface area contributed by atoms with Crippen molar-refractivity contribution in [3.05, 3.63) is 33.9 Å². The second-order valence-corrected chi connectivity index (χ2v) is 9.31. The van der Waals surface area contributed by atoms with Crippen LogP contribution in [0.5, 0.6) is 0 Å². The highest BCUT2D eigenvalue weighted by molar-refractivity contribution is 6.05. The van der Waals surface area contributed by atoms with Crippen molar-refractivity contribution in [3.8, 4) is 0 Å². The predicted molar refractivity (Wildman–Crippen MR) is 116 cm³/mol. The summed E-state index contributed by atoms with van der Waals surface area (Å²) in [5, 5.41) is 0. The normalized spacial score (nSPS) is 27.0. The highest BCUT2D eigenvalue weighted by Crippen LogP contribution is 2.58. The van der Waals surface area contributed by atoms with E-state index in [2.05, 4.69) is 13.8 Å². The Balaban J connectivity index is 2.30. The Hall–Kier alpha value is -2.37. The summed E-state index contributed by atoms with van der Waals surface area (Å²) in [6.45, 7) is 6.27. The quantitative estimate of drug-likeness (QED) is 0.509. The maximum absolute atomic E-state index is 12.8. The van der Waals surface area contributed by atoms with Crippen LogP contribution in [-0.2, 0) is 37.3 Å². The second-order valence-electron chi connectivity index (χ2n) is 9.31. The van der Waals surface area contributed by atoms with E-state index < -0.39 is 17.4 Å². The van der Waals surface area contributed by atoms with Crippen molar-refractivity contribution in [2.75, 3.05) is 21.3 Å². The topological polar surface area (TPSA) is 78.9 Å². The van der Waals surface area contributed by atoms with E-state index in [1.807, 2.05) is 13.0 Å². The first-order valence-electron chi connectivity index (χ1n) is 11.1. The van der Waals surface area contributed by atoms with E-state index in [0.29, 0.717) is 12.0 Å². The van der Waals surface area contributed by atoms with Crippen LogP contribution in [-0.4, -0.2) is 39.2 Å². The van der Waals surface area contributed by atoms with E-state index in [-0.39, 0.29) is 22.9 Å². The molecule has 0 amide bonds. The van der Waals surface area contributed by atoms with Crippen molar-refractivity contribution in [3.63, 3.8) is 0 Å². The lowest BCUT2D eigenvalue weighted by molar-refractivity contribution is -0.161. The molecule has 1 saturated carbocycles. The van der Waals surface area contributed by atoms with Crippen LogP contribution in [0, 0.1) is 11.3 Å². The summed E-state index contributed by atoms with van der Waals surface area (Å²) >= 11 is 0. The highest BCUT2D eigenvalue weighted by atomic mass is 16.5. The number of ether oxygens (including phenoxy) is 3. The molecule has 170 valence electrons. The Morgan fingerprint density at radius 2 is 1.71 bits per heavy atom. The molecular weight excluding hydrogens is 396 g/mol. The average molecular weight is 431 g/mol. The fourth-order valence-electron chi connectivity index (χ4n) is 6.31.